The number of esters is 2. The lowest BCUT2D eigenvalue weighted by Crippen LogP contribution is -2.17. The first-order valence-electron chi connectivity index (χ1n) is 7.48. The SMILES string of the molecule is CC(=O)N(C)C.CC(=O)N(C)C.CC(C)=O.COC(C)=O.COC(C)=O. The van der Waals surface area contributed by atoms with E-state index in [2.05, 4.69) is 9.47 Å². The monoisotopic (exact) mass is 380 g/mol. The van der Waals surface area contributed by atoms with E-state index in [4.69, 9.17) is 0 Å². The summed E-state index contributed by atoms with van der Waals surface area (Å²) in [5, 5.41) is 0. The highest BCUT2D eigenvalue weighted by Crippen LogP contribution is 1.70. The first kappa shape index (κ1) is 34.8. The zero-order chi connectivity index (χ0) is 22.5. The third-order valence-corrected chi connectivity index (χ3v) is 1.83. The fourth-order valence-corrected chi connectivity index (χ4v) is 0. The number of ether oxygens (including phenoxy) is 2. The molecule has 0 N–H and O–H groups in total. The van der Waals surface area contributed by atoms with Crippen LogP contribution >= 0.6 is 0 Å². The Morgan fingerprint density at radius 3 is 0.615 bits per heavy atom. The Hall–Kier alpha value is -2.45. The van der Waals surface area contributed by atoms with Crippen LogP contribution in [0.4, 0.5) is 0 Å². The molecule has 0 aromatic heterocycles. The molecular weight excluding hydrogens is 344 g/mol. The van der Waals surface area contributed by atoms with Crippen LogP contribution in [0.3, 0.4) is 0 Å². The van der Waals surface area contributed by atoms with Crippen molar-refractivity contribution in [2.45, 2.75) is 41.5 Å². The molecule has 0 radical (unpaired) electrons. The van der Waals surface area contributed by atoms with Crippen molar-refractivity contribution in [2.75, 3.05) is 42.4 Å². The van der Waals surface area contributed by atoms with Gasteiger partial charge in [0, 0.05) is 55.9 Å². The molecule has 0 unspecified atom stereocenters. The predicted octanol–water partition coefficient (Wildman–Crippen LogP) is 1.14. The van der Waals surface area contributed by atoms with Crippen molar-refractivity contribution in [2.24, 2.45) is 0 Å². The van der Waals surface area contributed by atoms with E-state index in [0.717, 1.165) is 0 Å². The van der Waals surface area contributed by atoms with Crippen molar-refractivity contribution in [3.63, 3.8) is 0 Å². The highest BCUT2D eigenvalue weighted by Gasteiger charge is 1.88. The lowest BCUT2D eigenvalue weighted by molar-refractivity contribution is -0.138. The van der Waals surface area contributed by atoms with Crippen molar-refractivity contribution in [3.8, 4) is 0 Å². The van der Waals surface area contributed by atoms with Crippen LogP contribution in [0.2, 0.25) is 0 Å². The van der Waals surface area contributed by atoms with E-state index in [1.54, 1.807) is 28.2 Å². The minimum Gasteiger partial charge on any atom is -0.469 e. The van der Waals surface area contributed by atoms with Crippen molar-refractivity contribution in [1.82, 2.24) is 9.80 Å². The Bertz CT molecular complexity index is 370. The molecule has 9 heteroatoms. The van der Waals surface area contributed by atoms with Crippen LogP contribution in [0.15, 0.2) is 0 Å². The molecule has 0 heterocycles. The Labute approximate surface area is 157 Å². The van der Waals surface area contributed by atoms with E-state index < -0.39 is 0 Å². The predicted molar refractivity (Wildman–Crippen MR) is 100 cm³/mol. The fraction of sp³-hybridized carbons (Fsp3) is 0.706. The normalized spacial score (nSPS) is 7.23. The molecule has 0 saturated carbocycles. The number of hydrogen-bond donors (Lipinski definition) is 0. The summed E-state index contributed by atoms with van der Waals surface area (Å²) in [5.41, 5.74) is 0. The fourth-order valence-electron chi connectivity index (χ4n) is 0. The lowest BCUT2D eigenvalue weighted by Gasteiger charge is -2.02. The van der Waals surface area contributed by atoms with Crippen LogP contribution in [0, 0.1) is 0 Å². The zero-order valence-corrected chi connectivity index (χ0v) is 18.3. The highest BCUT2D eigenvalue weighted by molar-refractivity contribution is 5.72. The average molecular weight is 380 g/mol. The van der Waals surface area contributed by atoms with Gasteiger partial charge < -0.3 is 24.1 Å². The summed E-state index contributed by atoms with van der Waals surface area (Å²) in [5.74, 6) is -0.139. The zero-order valence-electron chi connectivity index (χ0n) is 18.3. The van der Waals surface area contributed by atoms with E-state index in [9.17, 15) is 24.0 Å². The average Bonchev–Trinajstić information content (AvgIpc) is 2.48. The summed E-state index contributed by atoms with van der Waals surface area (Å²) in [6, 6.07) is 0. The van der Waals surface area contributed by atoms with Gasteiger partial charge >= 0.3 is 11.9 Å². The summed E-state index contributed by atoms with van der Waals surface area (Å²) in [7, 11) is 9.60. The Kier molecular flexibility index (Phi) is 33.2. The van der Waals surface area contributed by atoms with Gasteiger partial charge in [-0.2, -0.15) is 0 Å². The number of Topliss-reactive ketones (excluding diaryl/α,β-unsaturated/α-hetero) is 1. The smallest absolute Gasteiger partial charge is 0.302 e. The number of carbonyl (C=O) groups excluding carboxylic acids is 5. The number of hydrogen-bond acceptors (Lipinski definition) is 7. The van der Waals surface area contributed by atoms with Gasteiger partial charge in [-0.25, -0.2) is 0 Å². The molecule has 0 saturated heterocycles. The standard InChI is InChI=1S/2C4H9NO.2C3H6O2.C3H6O/c2*1-4(6)5(2)3;2*1-3(4)5-2;1-3(2)4/h2*1-3H3;2*1-2H3;1-2H3. The first-order chi connectivity index (χ1) is 11.6. The molecule has 0 aliphatic carbocycles. The molecule has 9 nitrogen and oxygen atoms in total. The van der Waals surface area contributed by atoms with Crippen molar-refractivity contribution in [1.29, 1.82) is 0 Å². The molecule has 0 rings (SSSR count). The quantitative estimate of drug-likeness (QED) is 0.580. The molecule has 0 fully saturated rings. The van der Waals surface area contributed by atoms with Gasteiger partial charge in [0.05, 0.1) is 14.2 Å². The summed E-state index contributed by atoms with van der Waals surface area (Å²) in [6.07, 6.45) is 0. The largest absolute Gasteiger partial charge is 0.469 e. The molecule has 0 aromatic rings. The van der Waals surface area contributed by atoms with Gasteiger partial charge in [0.1, 0.15) is 5.78 Å². The maximum atomic E-state index is 10.1. The summed E-state index contributed by atoms with van der Waals surface area (Å²) in [4.78, 5) is 51.8. The molecule has 0 bridgehead atoms. The second-order valence-corrected chi connectivity index (χ2v) is 5.13. The lowest BCUT2D eigenvalue weighted by atomic mass is 10.6. The van der Waals surface area contributed by atoms with Crippen LogP contribution in [0.1, 0.15) is 41.5 Å². The Morgan fingerprint density at radius 2 is 0.615 bits per heavy atom. The topological polar surface area (TPSA) is 110 Å². The number of carbonyl (C=O) groups is 5. The highest BCUT2D eigenvalue weighted by atomic mass is 16.5. The van der Waals surface area contributed by atoms with Gasteiger partial charge in [0.15, 0.2) is 0 Å². The van der Waals surface area contributed by atoms with Gasteiger partial charge in [-0.05, 0) is 13.8 Å². The molecule has 156 valence electrons. The van der Waals surface area contributed by atoms with Gasteiger partial charge in [-0.1, -0.05) is 0 Å². The van der Waals surface area contributed by atoms with Crippen LogP contribution < -0.4 is 0 Å². The van der Waals surface area contributed by atoms with Crippen molar-refractivity contribution >= 4 is 29.5 Å². The number of nitrogens with zero attached hydrogens (tertiary/aromatic N) is 2. The van der Waals surface area contributed by atoms with Crippen LogP contribution in [-0.4, -0.2) is 81.7 Å². The molecule has 0 aliphatic heterocycles. The van der Waals surface area contributed by atoms with Crippen LogP contribution in [-0.2, 0) is 33.4 Å². The third kappa shape index (κ3) is 99.8. The third-order valence-electron chi connectivity index (χ3n) is 1.83. The number of ketones is 1. The number of methoxy groups -OCH3 is 2. The molecule has 0 atom stereocenters. The Balaban J connectivity index is -0.0000000712. The van der Waals surface area contributed by atoms with Gasteiger partial charge in [-0.3, -0.25) is 19.2 Å². The van der Waals surface area contributed by atoms with E-state index in [0.29, 0.717) is 0 Å². The molecule has 26 heavy (non-hydrogen) atoms. The molecule has 0 aliphatic rings. The van der Waals surface area contributed by atoms with E-state index in [1.807, 2.05) is 0 Å². The molecule has 0 spiro atoms. The summed E-state index contributed by atoms with van der Waals surface area (Å²) < 4.78 is 8.22. The van der Waals surface area contributed by atoms with E-state index in [1.165, 1.54) is 65.6 Å². The van der Waals surface area contributed by atoms with Crippen LogP contribution in [0.25, 0.3) is 0 Å². The Morgan fingerprint density at radius 1 is 0.538 bits per heavy atom. The van der Waals surface area contributed by atoms with Crippen molar-refractivity contribution < 1.29 is 33.4 Å². The maximum Gasteiger partial charge on any atom is 0.302 e. The minimum absolute atomic E-state index is 0.0926. The second kappa shape index (κ2) is 24.8. The van der Waals surface area contributed by atoms with Gasteiger partial charge in [-0.15, -0.1) is 0 Å². The maximum absolute atomic E-state index is 10.1. The molecule has 2 amide bonds. The second-order valence-electron chi connectivity index (χ2n) is 5.13. The van der Waals surface area contributed by atoms with E-state index in [-0.39, 0.29) is 29.5 Å². The molecular formula is C17H36N2O7. The number of amides is 2. The summed E-state index contributed by atoms with van der Waals surface area (Å²) >= 11 is 0. The first-order valence-corrected chi connectivity index (χ1v) is 7.48. The van der Waals surface area contributed by atoms with Gasteiger partial charge in [0.2, 0.25) is 11.8 Å². The summed E-state index contributed by atoms with van der Waals surface area (Å²) in [6.45, 7) is 8.83. The van der Waals surface area contributed by atoms with E-state index >= 15 is 0 Å². The van der Waals surface area contributed by atoms with Crippen molar-refractivity contribution in [3.05, 3.63) is 0 Å². The molecule has 0 aromatic carbocycles. The van der Waals surface area contributed by atoms with Crippen LogP contribution in [0.5, 0.6) is 0 Å². The number of rotatable bonds is 0. The van der Waals surface area contributed by atoms with Gasteiger partial charge in [0.25, 0.3) is 0 Å². The minimum atomic E-state index is -0.245.